The fraction of sp³-hybridized carbons (Fsp3) is 0. The molecule has 0 aliphatic rings. The lowest BCUT2D eigenvalue weighted by molar-refractivity contribution is 1.31. The van der Waals surface area contributed by atoms with Crippen LogP contribution in [0.1, 0.15) is 0 Å². The van der Waals surface area contributed by atoms with E-state index in [0.29, 0.717) is 0 Å². The number of pyridine rings is 3. The fourth-order valence-electron chi connectivity index (χ4n) is 5.15. The molecular formula is C33H21N3. The molecule has 0 aliphatic heterocycles. The van der Waals surface area contributed by atoms with Crippen LogP contribution >= 0.6 is 0 Å². The third-order valence-corrected chi connectivity index (χ3v) is 6.83. The minimum absolute atomic E-state index is 0.954. The molecule has 4 aromatic carbocycles. The molecule has 3 heterocycles. The van der Waals surface area contributed by atoms with Crippen LogP contribution < -0.4 is 0 Å². The third kappa shape index (κ3) is 3.33. The van der Waals surface area contributed by atoms with E-state index in [0.717, 1.165) is 38.7 Å². The highest BCUT2D eigenvalue weighted by atomic mass is 14.7. The van der Waals surface area contributed by atoms with E-state index in [4.69, 9.17) is 4.98 Å². The first kappa shape index (κ1) is 20.5. The van der Waals surface area contributed by atoms with Crippen LogP contribution in [0.2, 0.25) is 0 Å². The van der Waals surface area contributed by atoms with Crippen LogP contribution in [0.5, 0.6) is 0 Å². The second kappa shape index (κ2) is 8.40. The lowest BCUT2D eigenvalue weighted by Gasteiger charge is -2.16. The fourth-order valence-corrected chi connectivity index (χ4v) is 5.15. The largest absolute Gasteiger partial charge is 0.264 e. The molecule has 0 spiro atoms. The lowest BCUT2D eigenvalue weighted by Crippen LogP contribution is -1.93. The van der Waals surface area contributed by atoms with Gasteiger partial charge in [0, 0.05) is 46.5 Å². The van der Waals surface area contributed by atoms with Gasteiger partial charge in [0.05, 0.1) is 11.2 Å². The normalized spacial score (nSPS) is 11.3. The minimum atomic E-state index is 0.954. The molecule has 3 aromatic heterocycles. The lowest BCUT2D eigenvalue weighted by atomic mass is 9.89. The first-order chi connectivity index (χ1) is 17.9. The van der Waals surface area contributed by atoms with E-state index in [1.165, 1.54) is 27.3 Å². The number of benzene rings is 4. The molecule has 0 saturated carbocycles. The molecule has 0 unspecified atom stereocenters. The Morgan fingerprint density at radius 2 is 1.08 bits per heavy atom. The predicted molar refractivity (Wildman–Crippen MR) is 149 cm³/mol. The van der Waals surface area contributed by atoms with E-state index in [2.05, 4.69) is 101 Å². The predicted octanol–water partition coefficient (Wildman–Crippen LogP) is 8.33. The molecule has 0 aliphatic carbocycles. The molecule has 0 atom stereocenters. The van der Waals surface area contributed by atoms with Crippen molar-refractivity contribution in [2.75, 3.05) is 0 Å². The highest BCUT2D eigenvalue weighted by Crippen LogP contribution is 2.41. The monoisotopic (exact) mass is 459 g/mol. The molecule has 0 fully saturated rings. The molecule has 7 rings (SSSR count). The van der Waals surface area contributed by atoms with Gasteiger partial charge in [-0.2, -0.15) is 0 Å². The van der Waals surface area contributed by atoms with Crippen LogP contribution in [0.3, 0.4) is 0 Å². The second-order valence-corrected chi connectivity index (χ2v) is 8.93. The van der Waals surface area contributed by atoms with Gasteiger partial charge in [-0.25, -0.2) is 4.98 Å². The highest BCUT2D eigenvalue weighted by Gasteiger charge is 2.16. The molecule has 0 N–H and O–H groups in total. The molecule has 7 aromatic rings. The zero-order chi connectivity index (χ0) is 23.9. The Labute approximate surface area is 208 Å². The number of fused-ring (bicyclic) bond motifs is 5. The van der Waals surface area contributed by atoms with Gasteiger partial charge in [-0.15, -0.1) is 0 Å². The summed E-state index contributed by atoms with van der Waals surface area (Å²) in [5.41, 5.74) is 7.59. The van der Waals surface area contributed by atoms with Crippen molar-refractivity contribution >= 4 is 32.4 Å². The molecule has 0 radical (unpaired) electrons. The number of hydrogen-bond donors (Lipinski definition) is 0. The maximum Gasteiger partial charge on any atom is 0.0803 e. The van der Waals surface area contributed by atoms with E-state index >= 15 is 0 Å². The quantitative estimate of drug-likeness (QED) is 0.249. The van der Waals surface area contributed by atoms with Crippen molar-refractivity contribution in [3.63, 3.8) is 0 Å². The summed E-state index contributed by atoms with van der Waals surface area (Å²) >= 11 is 0. The maximum absolute atomic E-state index is 5.12. The summed E-state index contributed by atoms with van der Waals surface area (Å²) in [6.45, 7) is 0. The number of rotatable bonds is 3. The van der Waals surface area contributed by atoms with E-state index in [-0.39, 0.29) is 0 Å². The topological polar surface area (TPSA) is 38.7 Å². The van der Waals surface area contributed by atoms with E-state index in [9.17, 15) is 0 Å². The molecular weight excluding hydrogens is 438 g/mol. The SMILES string of the molecule is c1cncc(-c2ccc(-c3cc4c(-c5cccnc5)nc5ccccc5c4c4ccccc34)cc2)c1. The van der Waals surface area contributed by atoms with E-state index < -0.39 is 0 Å². The Hall–Kier alpha value is -4.89. The Balaban J connectivity index is 1.55. The summed E-state index contributed by atoms with van der Waals surface area (Å²) < 4.78 is 0. The van der Waals surface area contributed by atoms with Crippen molar-refractivity contribution in [3.8, 4) is 33.5 Å². The van der Waals surface area contributed by atoms with Gasteiger partial charge in [-0.05, 0) is 63.4 Å². The summed E-state index contributed by atoms with van der Waals surface area (Å²) in [7, 11) is 0. The number of nitrogens with zero attached hydrogens (tertiary/aromatic N) is 3. The van der Waals surface area contributed by atoms with Crippen LogP contribution in [0.25, 0.3) is 66.0 Å². The minimum Gasteiger partial charge on any atom is -0.264 e. The standard InChI is InChI=1S/C33H21N3/c1-2-10-27-26(9-1)29(23-15-13-22(14-16-23)24-7-5-17-34-20-24)19-30-32(27)28-11-3-4-12-31(28)36-33(30)25-8-6-18-35-21-25/h1-21H. The summed E-state index contributed by atoms with van der Waals surface area (Å²) in [4.78, 5) is 13.8. The summed E-state index contributed by atoms with van der Waals surface area (Å²) in [6, 6.07) is 36.3. The average molecular weight is 460 g/mol. The van der Waals surface area contributed by atoms with Crippen LogP contribution in [0.15, 0.2) is 128 Å². The molecule has 0 amide bonds. The Morgan fingerprint density at radius 1 is 0.444 bits per heavy atom. The Morgan fingerprint density at radius 3 is 1.81 bits per heavy atom. The first-order valence-electron chi connectivity index (χ1n) is 12.0. The van der Waals surface area contributed by atoms with Crippen LogP contribution in [0.4, 0.5) is 0 Å². The van der Waals surface area contributed by atoms with Gasteiger partial charge in [0.1, 0.15) is 0 Å². The van der Waals surface area contributed by atoms with Crippen LogP contribution in [-0.4, -0.2) is 15.0 Å². The van der Waals surface area contributed by atoms with Crippen molar-refractivity contribution in [1.82, 2.24) is 15.0 Å². The maximum atomic E-state index is 5.12. The summed E-state index contributed by atoms with van der Waals surface area (Å²) in [5, 5.41) is 5.98. The van der Waals surface area contributed by atoms with Crippen molar-refractivity contribution in [2.24, 2.45) is 0 Å². The van der Waals surface area contributed by atoms with Crippen LogP contribution in [0, 0.1) is 0 Å². The van der Waals surface area contributed by atoms with Gasteiger partial charge in [0.25, 0.3) is 0 Å². The second-order valence-electron chi connectivity index (χ2n) is 8.93. The highest BCUT2D eigenvalue weighted by molar-refractivity contribution is 6.25. The first-order valence-corrected chi connectivity index (χ1v) is 12.0. The average Bonchev–Trinajstić information content (AvgIpc) is 2.97. The zero-order valence-corrected chi connectivity index (χ0v) is 19.5. The zero-order valence-electron chi connectivity index (χ0n) is 19.5. The third-order valence-electron chi connectivity index (χ3n) is 6.83. The Bertz CT molecular complexity index is 1860. The molecule has 0 saturated heterocycles. The number of para-hydroxylation sites is 1. The summed E-state index contributed by atoms with van der Waals surface area (Å²) in [5.74, 6) is 0. The van der Waals surface area contributed by atoms with Gasteiger partial charge in [-0.1, -0.05) is 72.8 Å². The van der Waals surface area contributed by atoms with E-state index in [1.54, 1.807) is 12.4 Å². The summed E-state index contributed by atoms with van der Waals surface area (Å²) in [6.07, 6.45) is 7.40. The van der Waals surface area contributed by atoms with Crippen LogP contribution in [-0.2, 0) is 0 Å². The van der Waals surface area contributed by atoms with Crippen molar-refractivity contribution in [1.29, 1.82) is 0 Å². The van der Waals surface area contributed by atoms with Gasteiger partial charge in [0.2, 0.25) is 0 Å². The molecule has 36 heavy (non-hydrogen) atoms. The van der Waals surface area contributed by atoms with Crippen molar-refractivity contribution < 1.29 is 0 Å². The van der Waals surface area contributed by atoms with Crippen molar-refractivity contribution in [3.05, 3.63) is 128 Å². The Kier molecular flexibility index (Phi) is 4.78. The molecule has 3 heteroatoms. The van der Waals surface area contributed by atoms with E-state index in [1.807, 2.05) is 24.5 Å². The number of aromatic nitrogens is 3. The molecule has 0 bridgehead atoms. The molecule has 168 valence electrons. The number of hydrogen-bond acceptors (Lipinski definition) is 3. The van der Waals surface area contributed by atoms with Crippen molar-refractivity contribution in [2.45, 2.75) is 0 Å². The van der Waals surface area contributed by atoms with Gasteiger partial charge in [0.15, 0.2) is 0 Å². The van der Waals surface area contributed by atoms with Gasteiger partial charge < -0.3 is 0 Å². The van der Waals surface area contributed by atoms with Gasteiger partial charge in [-0.3, -0.25) is 9.97 Å². The molecule has 3 nitrogen and oxygen atoms in total. The smallest absolute Gasteiger partial charge is 0.0803 e. The van der Waals surface area contributed by atoms with Gasteiger partial charge >= 0.3 is 0 Å².